The molecule has 0 amide bonds. The molecule has 0 saturated carbocycles. The highest BCUT2D eigenvalue weighted by Gasteiger charge is 2.18. The van der Waals surface area contributed by atoms with Gasteiger partial charge < -0.3 is 4.90 Å². The van der Waals surface area contributed by atoms with Crippen molar-refractivity contribution in [2.45, 2.75) is 4.90 Å². The zero-order valence-electron chi connectivity index (χ0n) is 15.5. The molecule has 0 aliphatic heterocycles. The molecule has 7 nitrogen and oxygen atoms in total. The number of nitrogens with zero attached hydrogens (tertiary/aromatic N) is 4. The van der Waals surface area contributed by atoms with Crippen LogP contribution in [0.15, 0.2) is 77.3 Å². The summed E-state index contributed by atoms with van der Waals surface area (Å²) in [5.74, 6) is 0. The zero-order valence-corrected chi connectivity index (χ0v) is 16.3. The Bertz CT molecular complexity index is 1190. The molecule has 0 aliphatic carbocycles. The van der Waals surface area contributed by atoms with E-state index in [0.29, 0.717) is 16.6 Å². The first-order valence-corrected chi connectivity index (χ1v) is 9.88. The summed E-state index contributed by atoms with van der Waals surface area (Å²) in [6.45, 7) is 3.66. The first-order valence-electron chi connectivity index (χ1n) is 8.40. The molecular weight excluding hydrogens is 374 g/mol. The molecule has 0 aliphatic rings. The van der Waals surface area contributed by atoms with Gasteiger partial charge in [-0.05, 0) is 35.4 Å². The minimum atomic E-state index is -3.80. The van der Waals surface area contributed by atoms with Crippen molar-refractivity contribution in [1.82, 2.24) is 0 Å². The molecule has 28 heavy (non-hydrogen) atoms. The van der Waals surface area contributed by atoms with Crippen molar-refractivity contribution < 1.29 is 8.42 Å². The van der Waals surface area contributed by atoms with E-state index in [0.717, 1.165) is 11.1 Å². The van der Waals surface area contributed by atoms with Gasteiger partial charge in [-0.1, -0.05) is 48.1 Å². The molecular formula is C20H19N5O2S. The molecule has 8 heteroatoms. The van der Waals surface area contributed by atoms with E-state index in [1.165, 1.54) is 0 Å². The fraction of sp³-hybridized carbons (Fsp3) is 0.100. The monoisotopic (exact) mass is 393 g/mol. The summed E-state index contributed by atoms with van der Waals surface area (Å²) in [6, 6.07) is 17.3. The van der Waals surface area contributed by atoms with Crippen LogP contribution in [-0.2, 0) is 10.0 Å². The lowest BCUT2D eigenvalue weighted by molar-refractivity contribution is 0.602. The summed E-state index contributed by atoms with van der Waals surface area (Å²) in [4.78, 5) is 4.84. The molecule has 0 saturated heterocycles. The van der Waals surface area contributed by atoms with Crippen LogP contribution in [-0.4, -0.2) is 22.5 Å². The van der Waals surface area contributed by atoms with Crippen LogP contribution in [0.25, 0.3) is 26.9 Å². The maximum absolute atomic E-state index is 13.0. The SMILES string of the molecule is C=C(N=[N+]=[N-])c1ccc(NS(=O)(=O)c2cccc3c(N(C)C)cccc23)cc1. The van der Waals surface area contributed by atoms with Gasteiger partial charge in [-0.2, -0.15) is 0 Å². The standard InChI is InChI=1S/C20H19N5O2S/c1-14(22-24-21)15-10-12-16(13-11-15)23-28(26,27)20-9-5-6-17-18(20)7-4-8-19(17)25(2)3/h4-13,23H,1H2,2-3H3. The highest BCUT2D eigenvalue weighted by atomic mass is 32.2. The van der Waals surface area contributed by atoms with Crippen LogP contribution in [0, 0.1) is 0 Å². The summed E-state index contributed by atoms with van der Waals surface area (Å²) >= 11 is 0. The third kappa shape index (κ3) is 3.78. The van der Waals surface area contributed by atoms with Gasteiger partial charge >= 0.3 is 0 Å². The summed E-state index contributed by atoms with van der Waals surface area (Å²) < 4.78 is 28.6. The number of nitrogens with one attached hydrogen (secondary N) is 1. The van der Waals surface area contributed by atoms with Gasteiger partial charge in [0.1, 0.15) is 0 Å². The lowest BCUT2D eigenvalue weighted by Gasteiger charge is -2.17. The van der Waals surface area contributed by atoms with Crippen molar-refractivity contribution >= 4 is 37.9 Å². The number of azide groups is 1. The number of anilines is 2. The van der Waals surface area contributed by atoms with Gasteiger partial charge in [-0.25, -0.2) is 8.42 Å². The number of hydrogen-bond acceptors (Lipinski definition) is 4. The molecule has 0 radical (unpaired) electrons. The first-order chi connectivity index (χ1) is 13.3. The van der Waals surface area contributed by atoms with E-state index in [-0.39, 0.29) is 10.6 Å². The minimum Gasteiger partial charge on any atom is -0.377 e. The Kier molecular flexibility index (Phi) is 5.26. The molecule has 0 atom stereocenters. The van der Waals surface area contributed by atoms with Gasteiger partial charge in [0.15, 0.2) is 0 Å². The fourth-order valence-corrected chi connectivity index (χ4v) is 4.22. The Hall–Kier alpha value is -3.48. The van der Waals surface area contributed by atoms with Crippen LogP contribution in [0.5, 0.6) is 0 Å². The van der Waals surface area contributed by atoms with E-state index in [9.17, 15) is 8.42 Å². The lowest BCUT2D eigenvalue weighted by atomic mass is 10.1. The van der Waals surface area contributed by atoms with Crippen molar-refractivity contribution in [2.24, 2.45) is 5.11 Å². The predicted octanol–water partition coefficient (Wildman–Crippen LogP) is 4.99. The van der Waals surface area contributed by atoms with Crippen LogP contribution >= 0.6 is 0 Å². The van der Waals surface area contributed by atoms with E-state index in [1.807, 2.05) is 37.2 Å². The van der Waals surface area contributed by atoms with E-state index in [4.69, 9.17) is 5.53 Å². The predicted molar refractivity (Wildman–Crippen MR) is 114 cm³/mol. The average Bonchev–Trinajstić information content (AvgIpc) is 2.67. The topological polar surface area (TPSA) is 98.2 Å². The molecule has 0 heterocycles. The summed E-state index contributed by atoms with van der Waals surface area (Å²) in [6.07, 6.45) is 0. The smallest absolute Gasteiger partial charge is 0.262 e. The summed E-state index contributed by atoms with van der Waals surface area (Å²) in [7, 11) is 0.0347. The molecule has 1 N–H and O–H groups in total. The van der Waals surface area contributed by atoms with Gasteiger partial charge in [0.2, 0.25) is 0 Å². The van der Waals surface area contributed by atoms with Crippen LogP contribution in [0.2, 0.25) is 0 Å². The number of fused-ring (bicyclic) bond motifs is 1. The summed E-state index contributed by atoms with van der Waals surface area (Å²) in [5, 5.41) is 4.95. The van der Waals surface area contributed by atoms with E-state index in [2.05, 4.69) is 21.3 Å². The second-order valence-corrected chi connectivity index (χ2v) is 7.99. The van der Waals surface area contributed by atoms with Crippen molar-refractivity contribution in [3.63, 3.8) is 0 Å². The molecule has 3 aromatic rings. The number of sulfonamides is 1. The Balaban J connectivity index is 1.99. The van der Waals surface area contributed by atoms with Crippen LogP contribution in [0.1, 0.15) is 5.56 Å². The minimum absolute atomic E-state index is 0.205. The van der Waals surface area contributed by atoms with E-state index in [1.54, 1.807) is 42.5 Å². The molecule has 142 valence electrons. The fourth-order valence-electron chi connectivity index (χ4n) is 2.94. The largest absolute Gasteiger partial charge is 0.377 e. The average molecular weight is 393 g/mol. The third-order valence-corrected chi connectivity index (χ3v) is 5.71. The van der Waals surface area contributed by atoms with Crippen LogP contribution in [0.3, 0.4) is 0 Å². The molecule has 0 fully saturated rings. The van der Waals surface area contributed by atoms with Gasteiger partial charge in [-0.15, -0.1) is 0 Å². The van der Waals surface area contributed by atoms with Gasteiger partial charge in [0.25, 0.3) is 10.0 Å². The number of hydrogen-bond donors (Lipinski definition) is 1. The first kappa shape index (κ1) is 19.3. The molecule has 0 unspecified atom stereocenters. The normalized spacial score (nSPS) is 10.9. The van der Waals surface area contributed by atoms with Crippen molar-refractivity contribution in [3.8, 4) is 0 Å². The number of rotatable bonds is 6. The van der Waals surface area contributed by atoms with E-state index >= 15 is 0 Å². The van der Waals surface area contributed by atoms with Crippen molar-refractivity contribution in [2.75, 3.05) is 23.7 Å². The molecule has 0 spiro atoms. The second kappa shape index (κ2) is 7.64. The maximum Gasteiger partial charge on any atom is 0.262 e. The van der Waals surface area contributed by atoms with Gasteiger partial charge in [0.05, 0.1) is 4.90 Å². The third-order valence-electron chi connectivity index (χ3n) is 4.27. The van der Waals surface area contributed by atoms with E-state index < -0.39 is 10.0 Å². The zero-order chi connectivity index (χ0) is 20.3. The molecule has 0 aromatic heterocycles. The number of benzene rings is 3. The molecule has 3 aromatic carbocycles. The van der Waals surface area contributed by atoms with Gasteiger partial charge in [-0.3, -0.25) is 4.72 Å². The Labute approximate surface area is 163 Å². The Morgan fingerprint density at radius 1 is 1.04 bits per heavy atom. The van der Waals surface area contributed by atoms with Crippen LogP contribution < -0.4 is 9.62 Å². The summed E-state index contributed by atoms with van der Waals surface area (Å²) in [5.41, 5.74) is 10.7. The quantitative estimate of drug-likeness (QED) is 0.363. The van der Waals surface area contributed by atoms with Crippen LogP contribution in [0.4, 0.5) is 11.4 Å². The Morgan fingerprint density at radius 2 is 1.68 bits per heavy atom. The van der Waals surface area contributed by atoms with Crippen molar-refractivity contribution in [3.05, 3.63) is 83.2 Å². The Morgan fingerprint density at radius 3 is 2.32 bits per heavy atom. The molecule has 0 bridgehead atoms. The lowest BCUT2D eigenvalue weighted by Crippen LogP contribution is -2.14. The van der Waals surface area contributed by atoms with Crippen molar-refractivity contribution in [1.29, 1.82) is 0 Å². The highest BCUT2D eigenvalue weighted by Crippen LogP contribution is 2.31. The maximum atomic E-state index is 13.0. The molecule has 3 rings (SSSR count). The second-order valence-electron chi connectivity index (χ2n) is 6.34. The van der Waals surface area contributed by atoms with Gasteiger partial charge in [0, 0.05) is 46.9 Å². The highest BCUT2D eigenvalue weighted by molar-refractivity contribution is 7.93.